The summed E-state index contributed by atoms with van der Waals surface area (Å²) in [4.78, 5) is 25.8. The monoisotopic (exact) mass is 306 g/mol. The van der Waals surface area contributed by atoms with Crippen molar-refractivity contribution in [3.05, 3.63) is 11.2 Å². The minimum absolute atomic E-state index is 0.121. The first-order valence-corrected chi connectivity index (χ1v) is 7.89. The van der Waals surface area contributed by atoms with Crippen LogP contribution in [0, 0.1) is 0 Å². The molecule has 9 heteroatoms. The Morgan fingerprint density at radius 1 is 1.47 bits per heavy atom. The van der Waals surface area contributed by atoms with E-state index in [0.29, 0.717) is 0 Å². The summed E-state index contributed by atoms with van der Waals surface area (Å²) in [5.41, 5.74) is -0.740. The summed E-state index contributed by atoms with van der Waals surface area (Å²) < 4.78 is 20.8. The highest BCUT2D eigenvalue weighted by Crippen LogP contribution is 2.21. The number of rotatable bonds is 2. The van der Waals surface area contributed by atoms with E-state index in [0.717, 1.165) is 17.5 Å². The Morgan fingerprint density at radius 2 is 2.05 bits per heavy atom. The third kappa shape index (κ3) is 4.60. The fourth-order valence-corrected chi connectivity index (χ4v) is 3.12. The number of carbonyl (C=O) groups excluding carboxylic acids is 1. The highest BCUT2D eigenvalue weighted by atomic mass is 32.2. The molecule has 0 aromatic carbocycles. The van der Waals surface area contributed by atoms with Crippen LogP contribution >= 0.6 is 11.3 Å². The fourth-order valence-electron chi connectivity index (χ4n) is 1.00. The molecule has 1 unspecified atom stereocenters. The molecule has 7 nitrogen and oxygen atoms in total. The highest BCUT2D eigenvalue weighted by Gasteiger charge is 2.20. The van der Waals surface area contributed by atoms with Crippen molar-refractivity contribution < 1.29 is 23.6 Å². The molecule has 0 aliphatic carbocycles. The van der Waals surface area contributed by atoms with Gasteiger partial charge in [0.1, 0.15) is 9.81 Å². The number of amides is 1. The Balaban J connectivity index is 3.05. The summed E-state index contributed by atoms with van der Waals surface area (Å²) in [6.45, 7) is 4.98. The van der Waals surface area contributed by atoms with Gasteiger partial charge in [0.15, 0.2) is 0 Å². The number of hydrogen-bond acceptors (Lipinski definition) is 6. The van der Waals surface area contributed by atoms with Crippen LogP contribution in [0.4, 0.5) is 4.79 Å². The van der Waals surface area contributed by atoms with Crippen LogP contribution in [0.3, 0.4) is 0 Å². The number of carboxylic acids is 1. The van der Waals surface area contributed by atoms with Crippen molar-refractivity contribution in [3.8, 4) is 0 Å². The average Bonchev–Trinajstić information content (AvgIpc) is 2.61. The van der Waals surface area contributed by atoms with E-state index in [2.05, 4.69) is 9.35 Å². The average molecular weight is 306 g/mol. The third-order valence-electron chi connectivity index (χ3n) is 1.68. The predicted octanol–water partition coefficient (Wildman–Crippen LogP) is 2.23. The van der Waals surface area contributed by atoms with Gasteiger partial charge >= 0.3 is 12.1 Å². The van der Waals surface area contributed by atoms with Gasteiger partial charge in [0.2, 0.25) is 5.01 Å². The summed E-state index contributed by atoms with van der Waals surface area (Å²) in [6.07, 6.45) is 1.42. The van der Waals surface area contributed by atoms with Crippen LogP contribution < -0.4 is 0 Å². The van der Waals surface area contributed by atoms with Crippen LogP contribution in [0.25, 0.3) is 0 Å². The number of carboxylic acid groups (broad SMARTS) is 1. The van der Waals surface area contributed by atoms with Gasteiger partial charge in [-0.1, -0.05) is 11.3 Å². The van der Waals surface area contributed by atoms with E-state index in [9.17, 15) is 13.8 Å². The van der Waals surface area contributed by atoms with Gasteiger partial charge in [0, 0.05) is 6.26 Å². The quantitative estimate of drug-likeness (QED) is 0.898. The molecule has 106 valence electrons. The second-order valence-corrected chi connectivity index (χ2v) is 8.18. The van der Waals surface area contributed by atoms with Crippen molar-refractivity contribution in [2.24, 2.45) is 4.36 Å². The number of carbonyl (C=O) groups is 2. The third-order valence-corrected chi connectivity index (χ3v) is 4.99. The van der Waals surface area contributed by atoms with Crippen LogP contribution in [-0.4, -0.2) is 38.2 Å². The van der Waals surface area contributed by atoms with E-state index in [4.69, 9.17) is 9.84 Å². The number of thiazole rings is 1. The van der Waals surface area contributed by atoms with Crippen LogP contribution in [0.1, 0.15) is 30.6 Å². The van der Waals surface area contributed by atoms with Crippen LogP contribution in [0.15, 0.2) is 14.8 Å². The molecule has 0 fully saturated rings. The lowest BCUT2D eigenvalue weighted by Gasteiger charge is -2.17. The van der Waals surface area contributed by atoms with E-state index in [-0.39, 0.29) is 9.22 Å². The molecule has 19 heavy (non-hydrogen) atoms. The zero-order valence-corrected chi connectivity index (χ0v) is 12.5. The highest BCUT2D eigenvalue weighted by molar-refractivity contribution is 7.95. The first kappa shape index (κ1) is 15.6. The lowest BCUT2D eigenvalue weighted by Crippen LogP contribution is -2.22. The number of ether oxygens (including phenoxy) is 1. The fraction of sp³-hybridized carbons (Fsp3) is 0.500. The van der Waals surface area contributed by atoms with Crippen molar-refractivity contribution in [1.29, 1.82) is 0 Å². The van der Waals surface area contributed by atoms with Gasteiger partial charge in [-0.3, -0.25) is 0 Å². The van der Waals surface area contributed by atoms with Crippen LogP contribution in [0.5, 0.6) is 0 Å². The van der Waals surface area contributed by atoms with E-state index < -0.39 is 27.4 Å². The van der Waals surface area contributed by atoms with E-state index in [1.54, 1.807) is 20.8 Å². The Labute approximate surface area is 114 Å². The first-order chi connectivity index (χ1) is 8.51. The Hall–Kier alpha value is -1.48. The zero-order valence-electron chi connectivity index (χ0n) is 10.9. The molecule has 1 N–H and O–H groups in total. The second-order valence-electron chi connectivity index (χ2n) is 4.66. The molecule has 1 aromatic heterocycles. The molecule has 0 bridgehead atoms. The summed E-state index contributed by atoms with van der Waals surface area (Å²) in [5.74, 6) is -1.22. The van der Waals surface area contributed by atoms with Gasteiger partial charge in [-0.15, -0.1) is 4.36 Å². The maximum atomic E-state index is 12.2. The molecule has 1 rings (SSSR count). The molecule has 0 aliphatic heterocycles. The van der Waals surface area contributed by atoms with Crippen molar-refractivity contribution in [2.75, 3.05) is 6.26 Å². The van der Waals surface area contributed by atoms with E-state index >= 15 is 0 Å². The molecule has 1 heterocycles. The Kier molecular flexibility index (Phi) is 4.31. The normalized spacial score (nSPS) is 14.5. The molecule has 1 amide bonds. The molecule has 1 atom stereocenters. The number of nitrogens with zero attached hydrogens (tertiary/aromatic N) is 2. The van der Waals surface area contributed by atoms with Gasteiger partial charge in [0.25, 0.3) is 0 Å². The molecule has 0 aliphatic rings. The van der Waals surface area contributed by atoms with Gasteiger partial charge < -0.3 is 9.84 Å². The summed E-state index contributed by atoms with van der Waals surface area (Å²) in [7, 11) is -3.05. The van der Waals surface area contributed by atoms with Crippen molar-refractivity contribution in [1.82, 2.24) is 4.98 Å². The number of hydrogen-bond donors (Lipinski definition) is 1. The molecule has 0 radical (unpaired) electrons. The number of aromatic carboxylic acids is 1. The second kappa shape index (κ2) is 5.25. The van der Waals surface area contributed by atoms with Gasteiger partial charge in [0.05, 0.1) is 15.9 Å². The van der Waals surface area contributed by atoms with Crippen LogP contribution in [-0.2, 0) is 14.5 Å². The summed E-state index contributed by atoms with van der Waals surface area (Å²) in [6, 6.07) is 0. The maximum Gasteiger partial charge on any atom is 0.442 e. The van der Waals surface area contributed by atoms with Crippen molar-refractivity contribution >= 4 is 33.1 Å². The van der Waals surface area contributed by atoms with Gasteiger partial charge in [-0.25, -0.2) is 18.8 Å². The molecular formula is C10H14N2O5S2. The lowest BCUT2D eigenvalue weighted by atomic mass is 10.2. The molecule has 0 spiro atoms. The minimum Gasteiger partial charge on any atom is -0.476 e. The van der Waals surface area contributed by atoms with Gasteiger partial charge in [-0.05, 0) is 20.8 Å². The largest absolute Gasteiger partial charge is 0.476 e. The van der Waals surface area contributed by atoms with Crippen molar-refractivity contribution in [2.45, 2.75) is 30.6 Å². The SMILES string of the molecule is CC(C)(C)OC(=O)N=S(C)(=O)c1cnc(C(=O)O)s1. The lowest BCUT2D eigenvalue weighted by molar-refractivity contribution is 0.0606. The standard InChI is InChI=1S/C10H14N2O5S2/c1-10(2,3)17-9(15)12-19(4,16)6-5-11-7(18-6)8(13)14/h5H,1-4H3,(H,13,14). The van der Waals surface area contributed by atoms with E-state index in [1.807, 2.05) is 0 Å². The summed E-state index contributed by atoms with van der Waals surface area (Å²) in [5, 5.41) is 8.53. The smallest absolute Gasteiger partial charge is 0.442 e. The Morgan fingerprint density at radius 3 is 2.47 bits per heavy atom. The molecular weight excluding hydrogens is 292 g/mol. The molecule has 1 aromatic rings. The molecule has 0 saturated carbocycles. The van der Waals surface area contributed by atoms with Crippen molar-refractivity contribution in [3.63, 3.8) is 0 Å². The minimum atomic E-state index is -3.05. The van der Waals surface area contributed by atoms with Crippen LogP contribution in [0.2, 0.25) is 0 Å². The topological polar surface area (TPSA) is 106 Å². The molecule has 0 saturated heterocycles. The van der Waals surface area contributed by atoms with Gasteiger partial charge in [-0.2, -0.15) is 0 Å². The summed E-state index contributed by atoms with van der Waals surface area (Å²) >= 11 is 0.720. The first-order valence-electron chi connectivity index (χ1n) is 5.15. The maximum absolute atomic E-state index is 12.2. The number of aromatic nitrogens is 1. The zero-order chi connectivity index (χ0) is 14.8. The van der Waals surface area contributed by atoms with E-state index in [1.165, 1.54) is 6.26 Å². The predicted molar refractivity (Wildman–Crippen MR) is 70.1 cm³/mol. The Bertz CT molecular complexity index is 620.